The normalized spacial score (nSPS) is 10.9. The molecule has 152 valence electrons. The summed E-state index contributed by atoms with van der Waals surface area (Å²) in [6.45, 7) is 0.366. The van der Waals surface area contributed by atoms with Crippen molar-refractivity contribution in [3.05, 3.63) is 102 Å². The molecule has 0 spiro atoms. The molecule has 0 bridgehead atoms. The van der Waals surface area contributed by atoms with Crippen LogP contribution < -0.4 is 4.74 Å². The van der Waals surface area contributed by atoms with Gasteiger partial charge in [-0.15, -0.1) is 10.2 Å². The van der Waals surface area contributed by atoms with E-state index in [1.54, 1.807) is 0 Å². The topological polar surface area (TPSA) is 66.0 Å². The minimum atomic E-state index is 0.366. The number of halogens is 1. The summed E-state index contributed by atoms with van der Waals surface area (Å²) in [6.07, 6.45) is 3.30. The average molecular weight is 429 g/mol. The van der Waals surface area contributed by atoms with Crippen molar-refractivity contribution in [1.82, 2.24) is 20.0 Å². The van der Waals surface area contributed by atoms with Gasteiger partial charge in [0.25, 0.3) is 0 Å². The lowest BCUT2D eigenvalue weighted by Gasteiger charge is -2.07. The van der Waals surface area contributed by atoms with Gasteiger partial charge < -0.3 is 9.15 Å². The maximum absolute atomic E-state index is 6.07. The highest BCUT2D eigenvalue weighted by Crippen LogP contribution is 2.27. The third-order valence-corrected chi connectivity index (χ3v) is 5.04. The van der Waals surface area contributed by atoms with Crippen LogP contribution in [0.4, 0.5) is 0 Å². The zero-order valence-electron chi connectivity index (χ0n) is 16.4. The van der Waals surface area contributed by atoms with Crippen LogP contribution in [0.2, 0.25) is 5.02 Å². The predicted molar refractivity (Wildman–Crippen MR) is 118 cm³/mol. The second-order valence-electron chi connectivity index (χ2n) is 6.85. The van der Waals surface area contributed by atoms with Gasteiger partial charge in [-0.2, -0.15) is 5.10 Å². The van der Waals surface area contributed by atoms with Crippen LogP contribution in [0.15, 0.2) is 95.9 Å². The maximum atomic E-state index is 6.07. The summed E-state index contributed by atoms with van der Waals surface area (Å²) in [7, 11) is 0. The van der Waals surface area contributed by atoms with Crippen molar-refractivity contribution in [2.45, 2.75) is 6.61 Å². The first kappa shape index (κ1) is 19.1. The molecule has 0 aliphatic rings. The van der Waals surface area contributed by atoms with Crippen molar-refractivity contribution >= 4 is 11.6 Å². The second-order valence-corrected chi connectivity index (χ2v) is 7.28. The number of nitrogens with zero attached hydrogens (tertiary/aromatic N) is 4. The van der Waals surface area contributed by atoms with E-state index in [0.29, 0.717) is 17.5 Å². The fourth-order valence-electron chi connectivity index (χ4n) is 3.23. The number of hydrogen-bond acceptors (Lipinski definition) is 5. The molecule has 3 aromatic carbocycles. The molecule has 0 amide bonds. The van der Waals surface area contributed by atoms with Crippen LogP contribution in [0.3, 0.4) is 0 Å². The van der Waals surface area contributed by atoms with Crippen molar-refractivity contribution < 1.29 is 9.15 Å². The zero-order valence-corrected chi connectivity index (χ0v) is 17.1. The van der Waals surface area contributed by atoms with E-state index in [4.69, 9.17) is 25.9 Å². The fourth-order valence-corrected chi connectivity index (χ4v) is 3.36. The first-order chi connectivity index (χ1) is 15.3. The van der Waals surface area contributed by atoms with Gasteiger partial charge in [0.05, 0.1) is 11.4 Å². The molecule has 5 aromatic rings. The molecule has 0 fully saturated rings. The van der Waals surface area contributed by atoms with Crippen molar-refractivity contribution in [2.75, 3.05) is 0 Å². The van der Waals surface area contributed by atoms with Gasteiger partial charge in [-0.3, -0.25) is 0 Å². The quantitative estimate of drug-likeness (QED) is 0.341. The van der Waals surface area contributed by atoms with E-state index in [1.165, 1.54) is 6.39 Å². The molecule has 0 unspecified atom stereocenters. The summed E-state index contributed by atoms with van der Waals surface area (Å²) in [6, 6.07) is 25.2. The van der Waals surface area contributed by atoms with Gasteiger partial charge in [0.1, 0.15) is 12.4 Å². The lowest BCUT2D eigenvalue weighted by Crippen LogP contribution is -1.96. The lowest BCUT2D eigenvalue weighted by molar-refractivity contribution is 0.306. The van der Waals surface area contributed by atoms with E-state index in [2.05, 4.69) is 10.2 Å². The molecule has 7 heteroatoms. The first-order valence-electron chi connectivity index (χ1n) is 9.65. The molecule has 0 saturated heterocycles. The Morgan fingerprint density at radius 2 is 1.61 bits per heavy atom. The molecule has 0 saturated carbocycles. The molecule has 2 aromatic heterocycles. The van der Waals surface area contributed by atoms with E-state index >= 15 is 0 Å². The first-order valence-corrected chi connectivity index (χ1v) is 10.0. The molecular weight excluding hydrogens is 412 g/mol. The van der Waals surface area contributed by atoms with Crippen LogP contribution in [-0.2, 0) is 6.61 Å². The van der Waals surface area contributed by atoms with Crippen LogP contribution in [0, 0.1) is 0 Å². The second kappa shape index (κ2) is 8.45. The molecule has 5 rings (SSSR count). The summed E-state index contributed by atoms with van der Waals surface area (Å²) in [5.41, 5.74) is 4.61. The smallest absolute Gasteiger partial charge is 0.247 e. The monoisotopic (exact) mass is 428 g/mol. The van der Waals surface area contributed by atoms with Crippen molar-refractivity contribution in [3.63, 3.8) is 0 Å². The van der Waals surface area contributed by atoms with Gasteiger partial charge in [-0.25, -0.2) is 4.68 Å². The number of hydrogen-bond donors (Lipinski definition) is 0. The standard InChI is InChI=1S/C24H17ClN4O2/c25-20-10-6-17(7-11-20)23-19(14-29(28-23)21-4-2-1-3-5-21)15-30-22-12-8-18(9-13-22)24-27-26-16-31-24/h1-14,16H,15H2. The van der Waals surface area contributed by atoms with Gasteiger partial charge in [0.15, 0.2) is 0 Å². The molecule has 6 nitrogen and oxygen atoms in total. The highest BCUT2D eigenvalue weighted by molar-refractivity contribution is 6.30. The van der Waals surface area contributed by atoms with E-state index in [0.717, 1.165) is 33.8 Å². The van der Waals surface area contributed by atoms with Crippen molar-refractivity contribution in [1.29, 1.82) is 0 Å². The Morgan fingerprint density at radius 3 is 2.32 bits per heavy atom. The van der Waals surface area contributed by atoms with Gasteiger partial charge in [-0.05, 0) is 48.5 Å². The zero-order chi connectivity index (χ0) is 21.0. The number of benzene rings is 3. The maximum Gasteiger partial charge on any atom is 0.247 e. The Hall–Kier alpha value is -3.90. The van der Waals surface area contributed by atoms with Crippen LogP contribution >= 0.6 is 11.6 Å². The molecule has 0 aliphatic carbocycles. The summed E-state index contributed by atoms with van der Waals surface area (Å²) >= 11 is 6.07. The van der Waals surface area contributed by atoms with Gasteiger partial charge in [-0.1, -0.05) is 41.9 Å². The highest BCUT2D eigenvalue weighted by Gasteiger charge is 2.13. The van der Waals surface area contributed by atoms with Gasteiger partial charge >= 0.3 is 0 Å². The van der Waals surface area contributed by atoms with E-state index in [9.17, 15) is 0 Å². The van der Waals surface area contributed by atoms with Crippen LogP contribution in [0.5, 0.6) is 5.75 Å². The summed E-state index contributed by atoms with van der Waals surface area (Å²) < 4.78 is 13.1. The highest BCUT2D eigenvalue weighted by atomic mass is 35.5. The van der Waals surface area contributed by atoms with E-state index < -0.39 is 0 Å². The predicted octanol–water partition coefficient (Wildman–Crippen LogP) is 5.82. The number of aromatic nitrogens is 4. The lowest BCUT2D eigenvalue weighted by atomic mass is 10.1. The molecule has 0 atom stereocenters. The summed E-state index contributed by atoms with van der Waals surface area (Å²) in [5.74, 6) is 1.21. The molecule has 2 heterocycles. The molecular formula is C24H17ClN4O2. The molecule has 0 N–H and O–H groups in total. The van der Waals surface area contributed by atoms with Crippen LogP contribution in [0.1, 0.15) is 5.56 Å². The summed E-state index contributed by atoms with van der Waals surface area (Å²) in [4.78, 5) is 0. The Bertz CT molecular complexity index is 1270. The molecule has 31 heavy (non-hydrogen) atoms. The molecule has 0 aliphatic heterocycles. The average Bonchev–Trinajstić information content (AvgIpc) is 3.50. The van der Waals surface area contributed by atoms with E-state index in [1.807, 2.05) is 89.7 Å². The Labute approximate surface area is 183 Å². The third kappa shape index (κ3) is 4.20. The number of para-hydroxylation sites is 1. The van der Waals surface area contributed by atoms with Crippen LogP contribution in [-0.4, -0.2) is 20.0 Å². The van der Waals surface area contributed by atoms with Crippen LogP contribution in [0.25, 0.3) is 28.4 Å². The number of rotatable bonds is 6. The molecule has 0 radical (unpaired) electrons. The fraction of sp³-hybridized carbons (Fsp3) is 0.0417. The minimum absolute atomic E-state index is 0.366. The Morgan fingerprint density at radius 1 is 0.871 bits per heavy atom. The number of ether oxygens (including phenoxy) is 1. The van der Waals surface area contributed by atoms with Gasteiger partial charge in [0, 0.05) is 27.9 Å². The minimum Gasteiger partial charge on any atom is -0.489 e. The Balaban J connectivity index is 1.42. The third-order valence-electron chi connectivity index (χ3n) is 4.78. The van der Waals surface area contributed by atoms with Crippen molar-refractivity contribution in [2.24, 2.45) is 0 Å². The summed E-state index contributed by atoms with van der Waals surface area (Å²) in [5, 5.41) is 13.1. The van der Waals surface area contributed by atoms with Gasteiger partial charge in [0.2, 0.25) is 12.3 Å². The SMILES string of the molecule is Clc1ccc(-c2nn(-c3ccccc3)cc2COc2ccc(-c3nnco3)cc2)cc1. The van der Waals surface area contributed by atoms with Crippen molar-refractivity contribution in [3.8, 4) is 34.1 Å². The Kier molecular flexibility index (Phi) is 5.21. The largest absolute Gasteiger partial charge is 0.489 e. The van der Waals surface area contributed by atoms with E-state index in [-0.39, 0.29) is 0 Å².